The Balaban J connectivity index is 1.58. The van der Waals surface area contributed by atoms with E-state index in [1.54, 1.807) is 0 Å². The number of fused-ring (bicyclic) bond motifs is 1. The number of carbonyl (C=O) groups is 1. The molecule has 1 atom stereocenters. The van der Waals surface area contributed by atoms with Gasteiger partial charge in [0.05, 0.1) is 5.56 Å². The Bertz CT molecular complexity index is 1370. The van der Waals surface area contributed by atoms with Crippen LogP contribution in [0.5, 0.6) is 0 Å². The average Bonchev–Trinajstić information content (AvgIpc) is 2.76. The number of hydrogen-bond acceptors (Lipinski definition) is 5. The number of benzene rings is 2. The van der Waals surface area contributed by atoms with Crippen molar-refractivity contribution in [3.05, 3.63) is 98.0 Å². The fourth-order valence-corrected chi connectivity index (χ4v) is 5.80. The molecule has 1 aliphatic heterocycles. The van der Waals surface area contributed by atoms with Crippen LogP contribution in [-0.2, 0) is 10.5 Å². The van der Waals surface area contributed by atoms with Crippen LogP contribution >= 0.6 is 11.8 Å². The highest BCUT2D eigenvalue weighted by molar-refractivity contribution is 7.98. The molecule has 2 aliphatic rings. The molecule has 5 rings (SSSR count). The third-order valence-electron chi connectivity index (χ3n) is 6.57. The average molecular weight is 472 g/mol. The van der Waals surface area contributed by atoms with E-state index in [2.05, 4.69) is 61.4 Å². The summed E-state index contributed by atoms with van der Waals surface area (Å²) < 4.78 is 0. The second kappa shape index (κ2) is 8.58. The first kappa shape index (κ1) is 22.7. The van der Waals surface area contributed by atoms with Crippen LogP contribution < -0.4 is 10.9 Å². The maximum atomic E-state index is 13.4. The number of carbonyl (C=O) groups excluding carboxylic acids is 1. The molecule has 0 fully saturated rings. The number of nitrogens with zero attached hydrogens (tertiary/aromatic N) is 1. The van der Waals surface area contributed by atoms with Gasteiger partial charge in [-0.3, -0.25) is 9.59 Å². The Morgan fingerprint density at radius 1 is 1.03 bits per heavy atom. The van der Waals surface area contributed by atoms with Crippen LogP contribution in [0.4, 0.5) is 5.82 Å². The smallest absolute Gasteiger partial charge is 0.257 e. The molecule has 0 saturated carbocycles. The van der Waals surface area contributed by atoms with Crippen molar-refractivity contribution in [2.45, 2.75) is 57.4 Å². The second-order valence-corrected chi connectivity index (χ2v) is 11.2. The lowest BCUT2D eigenvalue weighted by atomic mass is 9.69. The number of anilines is 1. The predicted molar refractivity (Wildman–Crippen MR) is 137 cm³/mol. The monoisotopic (exact) mass is 471 g/mol. The van der Waals surface area contributed by atoms with Crippen LogP contribution in [0.3, 0.4) is 0 Å². The van der Waals surface area contributed by atoms with Gasteiger partial charge in [-0.1, -0.05) is 85.3 Å². The minimum atomic E-state index is -0.415. The number of H-pyrrole nitrogens is 1. The molecule has 1 aliphatic carbocycles. The van der Waals surface area contributed by atoms with E-state index in [9.17, 15) is 9.59 Å². The number of nitrogens with one attached hydrogen (secondary N) is 2. The van der Waals surface area contributed by atoms with Crippen LogP contribution in [0.15, 0.2) is 69.8 Å². The van der Waals surface area contributed by atoms with Crippen molar-refractivity contribution >= 4 is 23.4 Å². The van der Waals surface area contributed by atoms with Gasteiger partial charge in [0.15, 0.2) is 10.9 Å². The van der Waals surface area contributed by atoms with Crippen molar-refractivity contribution in [2.75, 3.05) is 5.32 Å². The molecular weight excluding hydrogens is 442 g/mol. The lowest BCUT2D eigenvalue weighted by Gasteiger charge is -2.38. The fourth-order valence-electron chi connectivity index (χ4n) is 4.98. The van der Waals surface area contributed by atoms with Gasteiger partial charge in [0, 0.05) is 29.4 Å². The Morgan fingerprint density at radius 2 is 1.79 bits per heavy atom. The van der Waals surface area contributed by atoms with Gasteiger partial charge in [-0.05, 0) is 36.8 Å². The van der Waals surface area contributed by atoms with Gasteiger partial charge >= 0.3 is 0 Å². The Morgan fingerprint density at radius 3 is 2.53 bits per heavy atom. The highest BCUT2D eigenvalue weighted by Crippen LogP contribution is 2.47. The first-order valence-corrected chi connectivity index (χ1v) is 12.6. The first-order valence-electron chi connectivity index (χ1n) is 11.6. The maximum absolute atomic E-state index is 13.4. The summed E-state index contributed by atoms with van der Waals surface area (Å²) in [6, 6.07) is 16.4. The topological polar surface area (TPSA) is 74.8 Å². The summed E-state index contributed by atoms with van der Waals surface area (Å²) >= 11 is 1.51. The van der Waals surface area contributed by atoms with Gasteiger partial charge in [-0.2, -0.15) is 0 Å². The minimum absolute atomic E-state index is 0.105. The van der Waals surface area contributed by atoms with Gasteiger partial charge in [0.2, 0.25) is 0 Å². The zero-order chi connectivity index (χ0) is 24.0. The van der Waals surface area contributed by atoms with Crippen LogP contribution in [-0.4, -0.2) is 15.8 Å². The lowest BCUT2D eigenvalue weighted by Crippen LogP contribution is -2.37. The minimum Gasteiger partial charge on any atom is -0.343 e. The normalized spacial score (nSPS) is 18.8. The van der Waals surface area contributed by atoms with E-state index in [1.807, 2.05) is 25.1 Å². The van der Waals surface area contributed by atoms with E-state index >= 15 is 0 Å². The Kier molecular flexibility index (Phi) is 5.72. The molecule has 0 saturated heterocycles. The van der Waals surface area contributed by atoms with E-state index in [0.717, 1.165) is 23.2 Å². The molecule has 0 amide bonds. The summed E-state index contributed by atoms with van der Waals surface area (Å²) in [7, 11) is 0. The molecule has 2 heterocycles. The molecule has 34 heavy (non-hydrogen) atoms. The number of hydrogen-bond donors (Lipinski definition) is 2. The van der Waals surface area contributed by atoms with Gasteiger partial charge in [-0.25, -0.2) is 4.98 Å². The number of thioether (sulfide) groups is 1. The van der Waals surface area contributed by atoms with Crippen LogP contribution in [0, 0.1) is 19.3 Å². The van der Waals surface area contributed by atoms with Crippen LogP contribution in [0.2, 0.25) is 0 Å². The number of rotatable bonds is 4. The third kappa shape index (κ3) is 4.34. The van der Waals surface area contributed by atoms with Crippen LogP contribution in [0.1, 0.15) is 60.4 Å². The number of aryl methyl sites for hydroxylation is 2. The fraction of sp³-hybridized carbons (Fsp3) is 0.321. The molecule has 1 unspecified atom stereocenters. The molecule has 0 radical (unpaired) electrons. The van der Waals surface area contributed by atoms with E-state index in [0.29, 0.717) is 34.3 Å². The van der Waals surface area contributed by atoms with Crippen molar-refractivity contribution < 1.29 is 4.79 Å². The number of allylic oxidation sites excluding steroid dienone is 2. The predicted octanol–water partition coefficient (Wildman–Crippen LogP) is 5.88. The number of Topliss-reactive ketones (excluding diaryl/α,β-unsaturated/α-hetero) is 1. The number of aromatic nitrogens is 2. The van der Waals surface area contributed by atoms with Gasteiger partial charge in [-0.15, -0.1) is 0 Å². The zero-order valence-corrected chi connectivity index (χ0v) is 20.8. The summed E-state index contributed by atoms with van der Waals surface area (Å²) in [6.07, 6.45) is 1.22. The molecular formula is C28H29N3O2S. The van der Waals surface area contributed by atoms with Crippen molar-refractivity contribution in [2.24, 2.45) is 5.41 Å². The molecule has 2 N–H and O–H groups in total. The molecule has 174 valence electrons. The van der Waals surface area contributed by atoms with Crippen molar-refractivity contribution in [1.29, 1.82) is 0 Å². The molecule has 0 spiro atoms. The van der Waals surface area contributed by atoms with Crippen LogP contribution in [0.25, 0.3) is 0 Å². The molecule has 5 nitrogen and oxygen atoms in total. The molecule has 1 aromatic heterocycles. The highest BCUT2D eigenvalue weighted by Gasteiger charge is 2.42. The SMILES string of the molecule is Cc1ccc(CSc2nc3c(c(=O)[nH]2)C(c2cccc(C)c2)C2=C(CC(C)(C)CC2=O)N3)cc1. The highest BCUT2D eigenvalue weighted by atomic mass is 32.2. The summed E-state index contributed by atoms with van der Waals surface area (Å²) in [5.74, 6) is 0.962. The van der Waals surface area contributed by atoms with Gasteiger partial charge < -0.3 is 10.3 Å². The van der Waals surface area contributed by atoms with Gasteiger partial charge in [0.1, 0.15) is 5.82 Å². The zero-order valence-electron chi connectivity index (χ0n) is 20.0. The Hall–Kier alpha value is -3.12. The van der Waals surface area contributed by atoms with Gasteiger partial charge in [0.25, 0.3) is 5.56 Å². The molecule has 2 aromatic carbocycles. The quantitative estimate of drug-likeness (QED) is 0.367. The standard InChI is InChI=1S/C28H29N3O2S/c1-16-8-10-18(11-9-16)15-34-27-30-25-24(26(33)31-27)22(19-7-5-6-17(2)12-19)23-20(29-25)13-28(3,4)14-21(23)32/h5-12,22H,13-15H2,1-4H3,(H2,29,30,31,33). The molecule has 3 aromatic rings. The van der Waals surface area contributed by atoms with Crippen molar-refractivity contribution in [3.8, 4) is 0 Å². The van der Waals surface area contributed by atoms with E-state index < -0.39 is 5.92 Å². The van der Waals surface area contributed by atoms with E-state index in [4.69, 9.17) is 4.98 Å². The summed E-state index contributed by atoms with van der Waals surface area (Å²) in [5.41, 5.74) is 6.24. The first-order chi connectivity index (χ1) is 16.2. The van der Waals surface area contributed by atoms with Crippen molar-refractivity contribution in [3.63, 3.8) is 0 Å². The molecule has 6 heteroatoms. The second-order valence-electron chi connectivity index (χ2n) is 10.2. The lowest BCUT2D eigenvalue weighted by molar-refractivity contribution is -0.118. The maximum Gasteiger partial charge on any atom is 0.257 e. The van der Waals surface area contributed by atoms with E-state index in [1.165, 1.54) is 22.9 Å². The van der Waals surface area contributed by atoms with Crippen molar-refractivity contribution in [1.82, 2.24) is 9.97 Å². The van der Waals surface area contributed by atoms with E-state index in [-0.39, 0.29) is 16.8 Å². The largest absolute Gasteiger partial charge is 0.343 e. The Labute approximate surface area is 204 Å². The summed E-state index contributed by atoms with van der Waals surface area (Å²) in [6.45, 7) is 8.32. The number of ketones is 1. The number of aromatic amines is 1. The third-order valence-corrected chi connectivity index (χ3v) is 7.52. The summed E-state index contributed by atoms with van der Waals surface area (Å²) in [4.78, 5) is 34.6. The molecule has 0 bridgehead atoms. The summed E-state index contributed by atoms with van der Waals surface area (Å²) in [5, 5.41) is 3.97.